The second kappa shape index (κ2) is 2.01. The summed E-state index contributed by atoms with van der Waals surface area (Å²) in [5.41, 5.74) is 0. The molecule has 0 unspecified atom stereocenters. The quantitative estimate of drug-likeness (QED) is 0.294. The number of amides is 2. The largest absolute Gasteiger partial charge is 0.278 e. The molecule has 0 aliphatic carbocycles. The number of hydrogen-bond donors (Lipinski definition) is 0. The van der Waals surface area contributed by atoms with E-state index in [4.69, 9.17) is 0 Å². The molecule has 0 aromatic heterocycles. The molecule has 0 N–H and O–H groups in total. The molecule has 1 heterocycles. The van der Waals surface area contributed by atoms with Crippen molar-refractivity contribution in [3.63, 3.8) is 0 Å². The van der Waals surface area contributed by atoms with Crippen molar-refractivity contribution < 1.29 is 9.59 Å². The fourth-order valence-corrected chi connectivity index (χ4v) is 0.701. The van der Waals surface area contributed by atoms with E-state index in [1.807, 2.05) is 0 Å². The second-order valence-electron chi connectivity index (χ2n) is 1.86. The minimum atomic E-state index is -0.0973. The molecule has 1 aliphatic rings. The van der Waals surface area contributed by atoms with Crippen LogP contribution < -0.4 is 0 Å². The highest BCUT2D eigenvalue weighted by Gasteiger charge is 2.32. The van der Waals surface area contributed by atoms with Crippen LogP contribution in [0.15, 0.2) is 12.7 Å². The Kier molecular flexibility index (Phi) is 1.34. The molecule has 0 radical (unpaired) electrons. The Bertz CT molecular complexity index is 160. The van der Waals surface area contributed by atoms with Gasteiger partial charge in [0.15, 0.2) is 0 Å². The summed E-state index contributed by atoms with van der Waals surface area (Å²) < 4.78 is 0. The third-order valence-corrected chi connectivity index (χ3v) is 1.22. The monoisotopic (exact) mass is 125 g/mol. The molecule has 0 saturated carbocycles. The normalized spacial score (nSPS) is 17.6. The first-order valence-electron chi connectivity index (χ1n) is 2.70. The van der Waals surface area contributed by atoms with Gasteiger partial charge in [0.25, 0.3) is 0 Å². The number of hydrogen-bond acceptors (Lipinski definition) is 2. The highest BCUT2D eigenvalue weighted by atomic mass is 16.2. The highest BCUT2D eigenvalue weighted by molar-refractivity contribution is 6.14. The van der Waals surface area contributed by atoms with Crippen molar-refractivity contribution in [3.8, 4) is 0 Å². The van der Waals surface area contributed by atoms with Gasteiger partial charge in [0.05, 0.1) is 0 Å². The van der Waals surface area contributed by atoms with Gasteiger partial charge in [-0.25, -0.2) is 0 Å². The van der Waals surface area contributed by atoms with E-state index in [2.05, 4.69) is 6.58 Å². The van der Waals surface area contributed by atoms with E-state index < -0.39 is 0 Å². The predicted octanol–water partition coefficient (Wildman–Crippen LogP) is -0.0687. The van der Waals surface area contributed by atoms with E-state index in [0.29, 0.717) is 6.54 Å². The van der Waals surface area contributed by atoms with Crippen molar-refractivity contribution in [2.24, 2.45) is 0 Å². The van der Waals surface area contributed by atoms with E-state index in [0.717, 1.165) is 0 Å². The van der Waals surface area contributed by atoms with Gasteiger partial charge in [0, 0.05) is 6.54 Å². The summed E-state index contributed by atoms with van der Waals surface area (Å²) in [6.07, 6.45) is 1.61. The zero-order chi connectivity index (χ0) is 6.85. The lowest BCUT2D eigenvalue weighted by Gasteiger charge is -2.26. The van der Waals surface area contributed by atoms with Crippen molar-refractivity contribution in [2.45, 2.75) is 6.42 Å². The summed E-state index contributed by atoms with van der Waals surface area (Å²) >= 11 is 0. The molecule has 3 nitrogen and oxygen atoms in total. The van der Waals surface area contributed by atoms with Gasteiger partial charge in [-0.3, -0.25) is 14.5 Å². The van der Waals surface area contributed by atoms with Crippen molar-refractivity contribution in [2.75, 3.05) is 6.54 Å². The summed E-state index contributed by atoms with van der Waals surface area (Å²) in [4.78, 5) is 22.2. The fourth-order valence-electron chi connectivity index (χ4n) is 0.701. The van der Waals surface area contributed by atoms with Crippen LogP contribution in [0.25, 0.3) is 0 Å². The van der Waals surface area contributed by atoms with Crippen LogP contribution in [0.2, 0.25) is 0 Å². The molecule has 1 aliphatic heterocycles. The van der Waals surface area contributed by atoms with Crippen molar-refractivity contribution in [1.29, 1.82) is 0 Å². The molecule has 0 aromatic carbocycles. The third kappa shape index (κ3) is 0.850. The molecule has 1 saturated heterocycles. The Balaban J connectivity index is 2.48. The third-order valence-electron chi connectivity index (χ3n) is 1.22. The Hall–Kier alpha value is -1.12. The summed E-state index contributed by atoms with van der Waals surface area (Å²) in [5.74, 6) is -0.195. The van der Waals surface area contributed by atoms with Crippen molar-refractivity contribution in [1.82, 2.24) is 4.90 Å². The highest BCUT2D eigenvalue weighted by Crippen LogP contribution is 2.09. The van der Waals surface area contributed by atoms with Crippen LogP contribution in [0, 0.1) is 0 Å². The molecule has 1 fully saturated rings. The predicted molar refractivity (Wildman–Crippen MR) is 31.5 cm³/mol. The standard InChI is InChI=1S/C6H7NO2/c1-2-3-7-5(8)4-6(7)9/h2H,1,3-4H2. The van der Waals surface area contributed by atoms with E-state index >= 15 is 0 Å². The Labute approximate surface area is 53.0 Å². The van der Waals surface area contributed by atoms with E-state index in [9.17, 15) is 9.59 Å². The molecule has 1 rings (SSSR count). The number of β-lactam (4-membered cyclic amide) rings is 2. The van der Waals surface area contributed by atoms with Gasteiger partial charge < -0.3 is 0 Å². The lowest BCUT2D eigenvalue weighted by Crippen LogP contribution is -2.48. The number of carbonyl (C=O) groups excluding carboxylic acids is 2. The maximum Gasteiger partial charge on any atom is 0.238 e. The maximum absolute atomic E-state index is 10.5. The van der Waals surface area contributed by atoms with Crippen LogP contribution in [0.4, 0.5) is 0 Å². The first-order chi connectivity index (χ1) is 4.25. The molecule has 2 amide bonds. The smallest absolute Gasteiger partial charge is 0.238 e. The zero-order valence-electron chi connectivity index (χ0n) is 4.96. The maximum atomic E-state index is 10.5. The summed E-state index contributed by atoms with van der Waals surface area (Å²) in [6, 6.07) is 0. The molecule has 0 atom stereocenters. The Morgan fingerprint density at radius 2 is 2.11 bits per heavy atom. The van der Waals surface area contributed by atoms with Crippen molar-refractivity contribution >= 4 is 11.8 Å². The lowest BCUT2D eigenvalue weighted by atomic mass is 10.2. The molecule has 48 valence electrons. The number of imide groups is 1. The van der Waals surface area contributed by atoms with Gasteiger partial charge in [0.2, 0.25) is 11.8 Å². The van der Waals surface area contributed by atoms with Gasteiger partial charge in [-0.05, 0) is 0 Å². The van der Waals surface area contributed by atoms with Gasteiger partial charge in [-0.15, -0.1) is 6.58 Å². The van der Waals surface area contributed by atoms with Gasteiger partial charge >= 0.3 is 0 Å². The minimum Gasteiger partial charge on any atom is -0.278 e. The van der Waals surface area contributed by atoms with E-state index in [-0.39, 0.29) is 18.2 Å². The van der Waals surface area contributed by atoms with Crippen LogP contribution in [0.3, 0.4) is 0 Å². The van der Waals surface area contributed by atoms with Crippen LogP contribution >= 0.6 is 0 Å². The molecular formula is C6H7NO2. The van der Waals surface area contributed by atoms with Crippen LogP contribution in [0.1, 0.15) is 6.42 Å². The van der Waals surface area contributed by atoms with Gasteiger partial charge in [-0.1, -0.05) is 6.08 Å². The lowest BCUT2D eigenvalue weighted by molar-refractivity contribution is -0.156. The first kappa shape index (κ1) is 6.01. The van der Waals surface area contributed by atoms with Gasteiger partial charge in [0.1, 0.15) is 6.42 Å². The number of carbonyl (C=O) groups is 2. The van der Waals surface area contributed by atoms with Crippen LogP contribution in [-0.4, -0.2) is 23.3 Å². The SMILES string of the molecule is C=CCN1C(=O)CC1=O. The van der Waals surface area contributed by atoms with E-state index in [1.54, 1.807) is 0 Å². The summed E-state index contributed by atoms with van der Waals surface area (Å²) in [5, 5.41) is 0. The number of nitrogens with zero attached hydrogens (tertiary/aromatic N) is 1. The average molecular weight is 125 g/mol. The van der Waals surface area contributed by atoms with E-state index in [1.165, 1.54) is 11.0 Å². The van der Waals surface area contributed by atoms with Crippen molar-refractivity contribution in [3.05, 3.63) is 12.7 Å². The molecule has 0 aromatic rings. The average Bonchev–Trinajstić information content (AvgIpc) is 1.84. The second-order valence-corrected chi connectivity index (χ2v) is 1.86. The number of likely N-dealkylation sites (tertiary alicyclic amines) is 1. The Morgan fingerprint density at radius 3 is 2.33 bits per heavy atom. The zero-order valence-corrected chi connectivity index (χ0v) is 4.96. The molecule has 3 heteroatoms. The molecule has 0 spiro atoms. The number of rotatable bonds is 2. The molecule has 9 heavy (non-hydrogen) atoms. The van der Waals surface area contributed by atoms with Crippen LogP contribution in [0.5, 0.6) is 0 Å². The topological polar surface area (TPSA) is 37.4 Å². The Morgan fingerprint density at radius 1 is 1.56 bits per heavy atom. The van der Waals surface area contributed by atoms with Crippen LogP contribution in [-0.2, 0) is 9.59 Å². The summed E-state index contributed by atoms with van der Waals surface area (Å²) in [7, 11) is 0. The molecule has 0 bridgehead atoms. The first-order valence-corrected chi connectivity index (χ1v) is 2.70. The summed E-state index contributed by atoms with van der Waals surface area (Å²) in [6.45, 7) is 3.76. The minimum absolute atomic E-state index is 0.0772. The van der Waals surface area contributed by atoms with Gasteiger partial charge in [-0.2, -0.15) is 0 Å². The fraction of sp³-hybridized carbons (Fsp3) is 0.333. The molecular weight excluding hydrogens is 118 g/mol.